The first-order valence-corrected chi connectivity index (χ1v) is 17.8. The molecule has 4 saturated heterocycles. The molecule has 250 valence electrons. The number of likely N-dealkylation sites (tertiary alicyclic amines) is 1. The zero-order valence-corrected chi connectivity index (χ0v) is 28.3. The zero-order valence-electron chi connectivity index (χ0n) is 26.8. The molecule has 48 heavy (non-hydrogen) atoms. The first-order chi connectivity index (χ1) is 23.1. The fraction of sp³-hybridized carbons (Fsp3) is 0.486. The van der Waals surface area contributed by atoms with Gasteiger partial charge in [0.1, 0.15) is 34.8 Å². The number of hydrogen-bond donors (Lipinski definition) is 1. The molecule has 9 nitrogen and oxygen atoms in total. The van der Waals surface area contributed by atoms with Crippen LogP contribution in [0.15, 0.2) is 18.2 Å². The second-order valence-electron chi connectivity index (χ2n) is 14.0. The number of nitrogen functional groups attached to an aromatic ring is 1. The topological polar surface area (TPSA) is 112 Å². The zero-order chi connectivity index (χ0) is 33.4. The van der Waals surface area contributed by atoms with E-state index in [1.807, 2.05) is 4.90 Å². The minimum Gasteiger partial charge on any atom is -0.461 e. The number of nitrogens with two attached hydrogens (primary N) is 1. The van der Waals surface area contributed by atoms with Gasteiger partial charge in [0.25, 0.3) is 0 Å². The largest absolute Gasteiger partial charge is 0.461 e. The predicted octanol–water partition coefficient (Wildman–Crippen LogP) is 6.74. The van der Waals surface area contributed by atoms with Gasteiger partial charge in [-0.3, -0.25) is 9.69 Å². The second-order valence-corrected chi connectivity index (χ2v) is 15.4. The van der Waals surface area contributed by atoms with Gasteiger partial charge in [-0.25, -0.2) is 8.78 Å². The molecule has 4 aliphatic rings. The summed E-state index contributed by atoms with van der Waals surface area (Å²) < 4.78 is 38.6. The number of nitriles is 1. The van der Waals surface area contributed by atoms with Gasteiger partial charge in [-0.1, -0.05) is 24.1 Å². The van der Waals surface area contributed by atoms with Crippen LogP contribution in [-0.4, -0.2) is 77.1 Å². The van der Waals surface area contributed by atoms with Crippen molar-refractivity contribution in [3.8, 4) is 23.2 Å². The number of benzene rings is 2. The quantitative estimate of drug-likeness (QED) is 0.245. The van der Waals surface area contributed by atoms with Crippen LogP contribution in [0, 0.1) is 28.4 Å². The van der Waals surface area contributed by atoms with Crippen LogP contribution in [0.3, 0.4) is 0 Å². The Kier molecular flexibility index (Phi) is 7.65. The highest BCUT2D eigenvalue weighted by Crippen LogP contribution is 2.47. The summed E-state index contributed by atoms with van der Waals surface area (Å²) in [5.74, 6) is -0.648. The minimum absolute atomic E-state index is 0.0128. The van der Waals surface area contributed by atoms with Crippen molar-refractivity contribution >= 4 is 60.7 Å². The molecule has 0 atom stereocenters. The number of thiophene rings is 1. The van der Waals surface area contributed by atoms with Crippen molar-refractivity contribution in [3.05, 3.63) is 40.4 Å². The second kappa shape index (κ2) is 11.7. The first kappa shape index (κ1) is 31.5. The summed E-state index contributed by atoms with van der Waals surface area (Å²) in [5, 5.41) is 10.8. The van der Waals surface area contributed by atoms with Crippen molar-refractivity contribution < 1.29 is 18.3 Å². The Labute approximate surface area is 286 Å². The lowest BCUT2D eigenvalue weighted by Crippen LogP contribution is -2.61. The van der Waals surface area contributed by atoms with E-state index in [0.29, 0.717) is 44.0 Å². The van der Waals surface area contributed by atoms with Crippen molar-refractivity contribution in [3.63, 3.8) is 0 Å². The van der Waals surface area contributed by atoms with E-state index in [2.05, 4.69) is 20.9 Å². The smallest absolute Gasteiger partial charge is 0.319 e. The Morgan fingerprint density at radius 1 is 1.10 bits per heavy atom. The summed E-state index contributed by atoms with van der Waals surface area (Å²) >= 11 is 7.87. The van der Waals surface area contributed by atoms with Gasteiger partial charge in [0.15, 0.2) is 5.82 Å². The average molecular weight is 692 g/mol. The number of halogens is 3. The number of carbonyl (C=O) groups is 1. The van der Waals surface area contributed by atoms with Crippen LogP contribution in [0.4, 0.5) is 19.6 Å². The number of rotatable bonds is 5. The van der Waals surface area contributed by atoms with Gasteiger partial charge in [-0.05, 0) is 69.3 Å². The molecule has 4 aliphatic heterocycles. The molecular weight excluding hydrogens is 656 g/mol. The molecule has 2 N–H and O–H groups in total. The molecule has 0 bridgehead atoms. The summed E-state index contributed by atoms with van der Waals surface area (Å²) in [6.45, 7) is 6.79. The molecular formula is C35H36ClF2N7O2S. The minimum atomic E-state index is -0.704. The number of amides is 1. The molecule has 0 aliphatic carbocycles. The van der Waals surface area contributed by atoms with Gasteiger partial charge in [0.05, 0.1) is 20.8 Å². The molecule has 2 aromatic heterocycles. The highest BCUT2D eigenvalue weighted by atomic mass is 35.5. The van der Waals surface area contributed by atoms with Gasteiger partial charge in [0, 0.05) is 54.9 Å². The SMILES string of the molecule is CC(=O)N1CC2(CCCCN(c3nc(OCC45CCCN4CCC5)nc4c(F)c(-c5ccc(F)c6sc(N)c(C#N)c56)c(Cl)cc34)C2)C1. The van der Waals surface area contributed by atoms with Crippen LogP contribution in [0.2, 0.25) is 5.02 Å². The molecule has 6 heterocycles. The third-order valence-electron chi connectivity index (χ3n) is 11.0. The highest BCUT2D eigenvalue weighted by molar-refractivity contribution is 7.23. The third-order valence-corrected chi connectivity index (χ3v) is 12.4. The average Bonchev–Trinajstić information content (AvgIpc) is 3.67. The maximum Gasteiger partial charge on any atom is 0.319 e. The Hall–Kier alpha value is -3.79. The van der Waals surface area contributed by atoms with E-state index in [1.165, 1.54) is 12.1 Å². The molecule has 0 unspecified atom stereocenters. The van der Waals surface area contributed by atoms with E-state index in [1.54, 1.807) is 13.0 Å². The van der Waals surface area contributed by atoms with E-state index >= 15 is 4.39 Å². The van der Waals surface area contributed by atoms with Crippen molar-refractivity contribution in [2.24, 2.45) is 5.41 Å². The number of aromatic nitrogens is 2. The normalized spacial score (nSPS) is 20.2. The van der Waals surface area contributed by atoms with E-state index < -0.39 is 11.6 Å². The Morgan fingerprint density at radius 3 is 2.60 bits per heavy atom. The predicted molar refractivity (Wildman–Crippen MR) is 183 cm³/mol. The summed E-state index contributed by atoms with van der Waals surface area (Å²) in [5.41, 5.74) is 6.35. The van der Waals surface area contributed by atoms with Crippen molar-refractivity contribution in [2.75, 3.05) is 56.5 Å². The number of anilines is 2. The molecule has 2 aromatic carbocycles. The Balaban J connectivity index is 1.28. The summed E-state index contributed by atoms with van der Waals surface area (Å²) in [7, 11) is 0. The number of nitrogens with zero attached hydrogens (tertiary/aromatic N) is 6. The highest BCUT2D eigenvalue weighted by Gasteiger charge is 2.47. The Bertz CT molecular complexity index is 2010. The van der Waals surface area contributed by atoms with Crippen LogP contribution in [0.25, 0.3) is 32.1 Å². The summed E-state index contributed by atoms with van der Waals surface area (Å²) in [6, 6.07) is 6.50. The van der Waals surface area contributed by atoms with Crippen molar-refractivity contribution in [2.45, 2.75) is 57.4 Å². The molecule has 13 heteroatoms. The molecule has 1 amide bonds. The lowest BCUT2D eigenvalue weighted by Gasteiger charge is -2.51. The van der Waals surface area contributed by atoms with Crippen LogP contribution in [0.1, 0.15) is 57.4 Å². The van der Waals surface area contributed by atoms with Gasteiger partial charge in [-0.15, -0.1) is 11.3 Å². The van der Waals surface area contributed by atoms with E-state index in [4.69, 9.17) is 27.1 Å². The standard InChI is InChI=1S/C35H36ClF2N7O2S/c1-20(46)44-17-34(18-44)8-2-3-11-43(16-34)32-22-14-24(36)27(21-6-7-25(37)30-26(21)23(15-39)31(40)48-30)28(38)29(22)41-33(42-32)47-19-35-9-4-12-45(35)13-5-10-35/h6-7,14H,2-5,8-13,16-19,40H2,1H3. The van der Waals surface area contributed by atoms with Gasteiger partial charge >= 0.3 is 6.01 Å². The molecule has 4 aromatic rings. The molecule has 0 radical (unpaired) electrons. The maximum atomic E-state index is 17.1. The fourth-order valence-electron chi connectivity index (χ4n) is 8.67. The third kappa shape index (κ3) is 4.96. The van der Waals surface area contributed by atoms with Crippen LogP contribution in [0.5, 0.6) is 6.01 Å². The first-order valence-electron chi connectivity index (χ1n) is 16.6. The molecule has 8 rings (SSSR count). The number of hydrogen-bond acceptors (Lipinski definition) is 9. The fourth-order valence-corrected chi connectivity index (χ4v) is 9.91. The lowest BCUT2D eigenvalue weighted by molar-refractivity contribution is -0.140. The van der Waals surface area contributed by atoms with E-state index in [-0.39, 0.29) is 65.2 Å². The number of carbonyl (C=O) groups excluding carboxylic acids is 1. The maximum absolute atomic E-state index is 17.1. The monoisotopic (exact) mass is 691 g/mol. The number of ether oxygens (including phenoxy) is 1. The lowest BCUT2D eigenvalue weighted by atomic mass is 9.76. The van der Waals surface area contributed by atoms with E-state index in [0.717, 1.165) is 69.4 Å². The van der Waals surface area contributed by atoms with E-state index in [9.17, 15) is 14.4 Å². The van der Waals surface area contributed by atoms with Crippen molar-refractivity contribution in [1.29, 1.82) is 5.26 Å². The number of fused-ring (bicyclic) bond motifs is 3. The molecule has 1 spiro atoms. The van der Waals surface area contributed by atoms with Crippen LogP contribution < -0.4 is 15.4 Å². The molecule has 4 fully saturated rings. The van der Waals surface area contributed by atoms with Crippen molar-refractivity contribution in [1.82, 2.24) is 19.8 Å². The summed E-state index contributed by atoms with van der Waals surface area (Å²) in [4.78, 5) is 28.3. The Morgan fingerprint density at radius 2 is 1.88 bits per heavy atom. The van der Waals surface area contributed by atoms with Crippen LogP contribution in [-0.2, 0) is 4.79 Å². The van der Waals surface area contributed by atoms with Gasteiger partial charge in [-0.2, -0.15) is 15.2 Å². The van der Waals surface area contributed by atoms with Crippen LogP contribution >= 0.6 is 22.9 Å². The van der Waals surface area contributed by atoms with Gasteiger partial charge < -0.3 is 20.3 Å². The summed E-state index contributed by atoms with van der Waals surface area (Å²) in [6.07, 6.45) is 7.21. The molecule has 0 saturated carbocycles. The van der Waals surface area contributed by atoms with Gasteiger partial charge in [0.2, 0.25) is 5.91 Å².